The SMILES string of the molecule is O=C(O)N1CCN(c2cc(O)cc(O)c2)CC1. The van der Waals surface area contributed by atoms with Crippen LogP contribution < -0.4 is 4.90 Å². The van der Waals surface area contributed by atoms with Crippen molar-refractivity contribution >= 4 is 11.8 Å². The third-order valence-corrected chi connectivity index (χ3v) is 2.80. The number of anilines is 1. The van der Waals surface area contributed by atoms with Crippen LogP contribution in [-0.4, -0.2) is 52.5 Å². The van der Waals surface area contributed by atoms with Crippen LogP contribution in [0.1, 0.15) is 0 Å². The number of carbonyl (C=O) groups is 1. The molecule has 0 unspecified atom stereocenters. The second-order valence-electron chi connectivity index (χ2n) is 3.96. The van der Waals surface area contributed by atoms with Gasteiger partial charge in [0.15, 0.2) is 0 Å². The van der Waals surface area contributed by atoms with Gasteiger partial charge in [0.1, 0.15) is 11.5 Å². The van der Waals surface area contributed by atoms with Crippen molar-refractivity contribution < 1.29 is 20.1 Å². The Balaban J connectivity index is 2.07. The van der Waals surface area contributed by atoms with Crippen molar-refractivity contribution in [3.05, 3.63) is 18.2 Å². The van der Waals surface area contributed by atoms with Gasteiger partial charge in [-0.15, -0.1) is 0 Å². The van der Waals surface area contributed by atoms with Crippen LogP contribution >= 0.6 is 0 Å². The maximum Gasteiger partial charge on any atom is 0.407 e. The monoisotopic (exact) mass is 238 g/mol. The predicted molar refractivity (Wildman–Crippen MR) is 61.6 cm³/mol. The van der Waals surface area contributed by atoms with Crippen LogP contribution in [0.5, 0.6) is 11.5 Å². The summed E-state index contributed by atoms with van der Waals surface area (Å²) < 4.78 is 0. The average molecular weight is 238 g/mol. The lowest BCUT2D eigenvalue weighted by Gasteiger charge is -2.34. The number of carboxylic acid groups (broad SMARTS) is 1. The van der Waals surface area contributed by atoms with Crippen molar-refractivity contribution in [2.45, 2.75) is 0 Å². The molecule has 2 rings (SSSR count). The Kier molecular flexibility index (Phi) is 2.95. The van der Waals surface area contributed by atoms with Gasteiger partial charge in [0.05, 0.1) is 0 Å². The molecule has 0 atom stereocenters. The summed E-state index contributed by atoms with van der Waals surface area (Å²) >= 11 is 0. The first-order chi connectivity index (χ1) is 8.06. The number of benzene rings is 1. The maximum absolute atomic E-state index is 10.7. The van der Waals surface area contributed by atoms with Crippen LogP contribution in [-0.2, 0) is 0 Å². The summed E-state index contributed by atoms with van der Waals surface area (Å²) in [6.45, 7) is 1.95. The molecule has 0 aromatic heterocycles. The molecule has 1 aromatic carbocycles. The van der Waals surface area contributed by atoms with E-state index in [1.54, 1.807) is 12.1 Å². The van der Waals surface area contributed by atoms with E-state index in [0.29, 0.717) is 31.9 Å². The van der Waals surface area contributed by atoms with Gasteiger partial charge in [-0.1, -0.05) is 0 Å². The third kappa shape index (κ3) is 2.52. The fourth-order valence-electron chi connectivity index (χ4n) is 1.92. The summed E-state index contributed by atoms with van der Waals surface area (Å²) in [6, 6.07) is 4.36. The fraction of sp³-hybridized carbons (Fsp3) is 0.364. The number of aromatic hydroxyl groups is 2. The fourth-order valence-corrected chi connectivity index (χ4v) is 1.92. The van der Waals surface area contributed by atoms with E-state index in [4.69, 9.17) is 5.11 Å². The van der Waals surface area contributed by atoms with E-state index in [1.807, 2.05) is 4.90 Å². The Labute approximate surface area is 98.3 Å². The minimum Gasteiger partial charge on any atom is -0.508 e. The number of phenolic OH excluding ortho intramolecular Hbond substituents is 2. The van der Waals surface area contributed by atoms with Crippen molar-refractivity contribution in [2.75, 3.05) is 31.1 Å². The topological polar surface area (TPSA) is 84.2 Å². The highest BCUT2D eigenvalue weighted by Gasteiger charge is 2.20. The average Bonchev–Trinajstić information content (AvgIpc) is 2.28. The molecule has 0 aliphatic carbocycles. The van der Waals surface area contributed by atoms with E-state index in [-0.39, 0.29) is 11.5 Å². The second kappa shape index (κ2) is 4.40. The highest BCUT2D eigenvalue weighted by molar-refractivity contribution is 5.65. The Hall–Kier alpha value is -2.11. The van der Waals surface area contributed by atoms with Crippen LogP contribution in [0.4, 0.5) is 10.5 Å². The number of piperazine rings is 1. The van der Waals surface area contributed by atoms with Gasteiger partial charge in [0.2, 0.25) is 0 Å². The number of rotatable bonds is 1. The molecule has 6 nitrogen and oxygen atoms in total. The molecule has 6 heteroatoms. The Morgan fingerprint density at radius 3 is 2.00 bits per heavy atom. The Morgan fingerprint density at radius 2 is 1.53 bits per heavy atom. The van der Waals surface area contributed by atoms with E-state index in [1.165, 1.54) is 11.0 Å². The molecular formula is C11H14N2O4. The molecule has 1 amide bonds. The summed E-state index contributed by atoms with van der Waals surface area (Å²) in [4.78, 5) is 14.0. The van der Waals surface area contributed by atoms with Crippen molar-refractivity contribution in [1.29, 1.82) is 0 Å². The highest BCUT2D eigenvalue weighted by Crippen LogP contribution is 2.27. The number of phenols is 2. The van der Waals surface area contributed by atoms with Crippen LogP contribution in [0.15, 0.2) is 18.2 Å². The lowest BCUT2D eigenvalue weighted by Crippen LogP contribution is -2.48. The quantitative estimate of drug-likeness (QED) is 0.677. The predicted octanol–water partition coefficient (Wildman–Crippen LogP) is 0.898. The van der Waals surface area contributed by atoms with E-state index in [9.17, 15) is 15.0 Å². The normalized spacial score (nSPS) is 16.0. The molecule has 92 valence electrons. The van der Waals surface area contributed by atoms with Crippen molar-refractivity contribution in [2.24, 2.45) is 0 Å². The Bertz CT molecular complexity index is 407. The van der Waals surface area contributed by atoms with Crippen LogP contribution in [0.25, 0.3) is 0 Å². The number of amides is 1. The zero-order chi connectivity index (χ0) is 12.4. The van der Waals surface area contributed by atoms with E-state index in [0.717, 1.165) is 0 Å². The molecule has 1 aliphatic heterocycles. The van der Waals surface area contributed by atoms with Crippen molar-refractivity contribution in [3.63, 3.8) is 0 Å². The van der Waals surface area contributed by atoms with E-state index in [2.05, 4.69) is 0 Å². The third-order valence-electron chi connectivity index (χ3n) is 2.80. The summed E-state index contributed by atoms with van der Waals surface area (Å²) in [5.74, 6) is 0.00123. The van der Waals surface area contributed by atoms with E-state index < -0.39 is 6.09 Å². The number of nitrogens with zero attached hydrogens (tertiary/aromatic N) is 2. The summed E-state index contributed by atoms with van der Waals surface area (Å²) in [6.07, 6.45) is -0.914. The van der Waals surface area contributed by atoms with Crippen LogP contribution in [0, 0.1) is 0 Å². The van der Waals surface area contributed by atoms with Gasteiger partial charge in [0, 0.05) is 50.1 Å². The lowest BCUT2D eigenvalue weighted by molar-refractivity contribution is 0.142. The Morgan fingerprint density at radius 1 is 1.00 bits per heavy atom. The largest absolute Gasteiger partial charge is 0.508 e. The lowest BCUT2D eigenvalue weighted by atomic mass is 10.2. The van der Waals surface area contributed by atoms with Gasteiger partial charge >= 0.3 is 6.09 Å². The van der Waals surface area contributed by atoms with Crippen LogP contribution in [0.3, 0.4) is 0 Å². The molecule has 17 heavy (non-hydrogen) atoms. The molecule has 1 aliphatic rings. The van der Waals surface area contributed by atoms with Gasteiger partial charge in [-0.05, 0) is 0 Å². The van der Waals surface area contributed by atoms with Gasteiger partial charge < -0.3 is 25.1 Å². The summed E-state index contributed by atoms with van der Waals surface area (Å²) in [7, 11) is 0. The molecule has 0 saturated carbocycles. The first-order valence-corrected chi connectivity index (χ1v) is 5.32. The number of hydrogen-bond acceptors (Lipinski definition) is 4. The van der Waals surface area contributed by atoms with Gasteiger partial charge in [-0.3, -0.25) is 0 Å². The minimum absolute atomic E-state index is 0.000615. The second-order valence-corrected chi connectivity index (χ2v) is 3.96. The smallest absolute Gasteiger partial charge is 0.407 e. The summed E-state index contributed by atoms with van der Waals surface area (Å²) in [5.41, 5.74) is 0.701. The zero-order valence-electron chi connectivity index (χ0n) is 9.20. The minimum atomic E-state index is -0.914. The first kappa shape index (κ1) is 11.4. The molecule has 3 N–H and O–H groups in total. The molecule has 0 bridgehead atoms. The highest BCUT2D eigenvalue weighted by atomic mass is 16.4. The molecule has 1 aromatic rings. The maximum atomic E-state index is 10.7. The van der Waals surface area contributed by atoms with Crippen LogP contribution in [0.2, 0.25) is 0 Å². The van der Waals surface area contributed by atoms with Crippen molar-refractivity contribution in [1.82, 2.24) is 4.90 Å². The molecule has 0 spiro atoms. The molecule has 1 heterocycles. The van der Waals surface area contributed by atoms with Gasteiger partial charge in [-0.25, -0.2) is 4.79 Å². The molecule has 1 saturated heterocycles. The van der Waals surface area contributed by atoms with Gasteiger partial charge in [0.25, 0.3) is 0 Å². The molecular weight excluding hydrogens is 224 g/mol. The molecule has 0 radical (unpaired) electrons. The summed E-state index contributed by atoms with van der Waals surface area (Å²) in [5, 5.41) is 27.6. The zero-order valence-corrected chi connectivity index (χ0v) is 9.20. The van der Waals surface area contributed by atoms with Crippen molar-refractivity contribution in [3.8, 4) is 11.5 Å². The first-order valence-electron chi connectivity index (χ1n) is 5.32. The number of hydrogen-bond donors (Lipinski definition) is 3. The molecule has 1 fully saturated rings. The van der Waals surface area contributed by atoms with Gasteiger partial charge in [-0.2, -0.15) is 0 Å². The standard InChI is InChI=1S/C11H14N2O4/c14-9-5-8(6-10(15)7-9)12-1-3-13(4-2-12)11(16)17/h5-7,14-15H,1-4H2,(H,16,17). The van der Waals surface area contributed by atoms with E-state index >= 15 is 0 Å².